The molecule has 15 heavy (non-hydrogen) atoms. The molecule has 0 rings (SSSR count). The molecule has 0 aromatic heterocycles. The van der Waals surface area contributed by atoms with E-state index in [-0.39, 0.29) is 0 Å². The lowest BCUT2D eigenvalue weighted by Crippen LogP contribution is -2.34. The van der Waals surface area contributed by atoms with E-state index < -0.39 is 0 Å². The lowest BCUT2D eigenvalue weighted by atomic mass is 10.1. The minimum atomic E-state index is 0.305. The molecule has 0 saturated heterocycles. The van der Waals surface area contributed by atoms with Gasteiger partial charge in [-0.25, -0.2) is 0 Å². The van der Waals surface area contributed by atoms with Gasteiger partial charge in [0.25, 0.3) is 0 Å². The molecule has 0 aromatic carbocycles. The maximum atomic E-state index is 8.78. The highest BCUT2D eigenvalue weighted by molar-refractivity contribution is 4.63. The number of nitrogens with zero attached hydrogens (tertiary/aromatic N) is 1. The highest BCUT2D eigenvalue weighted by Crippen LogP contribution is 1.99. The summed E-state index contributed by atoms with van der Waals surface area (Å²) >= 11 is 0. The Labute approximate surface area is 94.9 Å². The fourth-order valence-corrected chi connectivity index (χ4v) is 1.70. The van der Waals surface area contributed by atoms with Crippen LogP contribution in [-0.4, -0.2) is 49.3 Å². The maximum absolute atomic E-state index is 8.78. The van der Waals surface area contributed by atoms with Gasteiger partial charge in [0.1, 0.15) is 0 Å². The van der Waals surface area contributed by atoms with Crippen molar-refractivity contribution in [1.29, 1.82) is 0 Å². The summed E-state index contributed by atoms with van der Waals surface area (Å²) < 4.78 is 0. The van der Waals surface area contributed by atoms with Crippen molar-refractivity contribution in [2.75, 3.05) is 39.3 Å². The van der Waals surface area contributed by atoms with Crippen molar-refractivity contribution in [2.45, 2.75) is 33.6 Å². The molecule has 92 valence electrons. The van der Waals surface area contributed by atoms with E-state index in [1.807, 2.05) is 0 Å². The molecular weight excluding hydrogens is 188 g/mol. The molecule has 0 saturated carbocycles. The molecule has 0 aliphatic carbocycles. The van der Waals surface area contributed by atoms with Crippen LogP contribution in [0.4, 0.5) is 0 Å². The zero-order valence-electron chi connectivity index (χ0n) is 10.6. The summed E-state index contributed by atoms with van der Waals surface area (Å²) in [6, 6.07) is 0. The van der Waals surface area contributed by atoms with E-state index in [1.165, 1.54) is 6.42 Å². The summed E-state index contributed by atoms with van der Waals surface area (Å²) in [6.07, 6.45) is 2.09. The molecule has 1 atom stereocenters. The summed E-state index contributed by atoms with van der Waals surface area (Å²) in [5.74, 6) is 0.690. The van der Waals surface area contributed by atoms with Crippen molar-refractivity contribution in [3.8, 4) is 0 Å². The third-order valence-electron chi connectivity index (χ3n) is 2.57. The molecule has 0 aliphatic heterocycles. The van der Waals surface area contributed by atoms with Crippen LogP contribution < -0.4 is 5.32 Å². The number of nitrogens with one attached hydrogen (secondary N) is 1. The van der Waals surface area contributed by atoms with Crippen LogP contribution in [0.15, 0.2) is 0 Å². The van der Waals surface area contributed by atoms with Crippen LogP contribution in [0.25, 0.3) is 0 Å². The monoisotopic (exact) mass is 216 g/mol. The zero-order chi connectivity index (χ0) is 11.5. The summed E-state index contributed by atoms with van der Waals surface area (Å²) in [5.41, 5.74) is 0. The smallest absolute Gasteiger partial charge is 0.0443 e. The molecule has 0 heterocycles. The Morgan fingerprint density at radius 1 is 1.33 bits per heavy atom. The van der Waals surface area contributed by atoms with Gasteiger partial charge in [-0.2, -0.15) is 0 Å². The lowest BCUT2D eigenvalue weighted by Gasteiger charge is -2.24. The Hall–Kier alpha value is -0.120. The van der Waals surface area contributed by atoms with E-state index in [0.717, 1.165) is 39.1 Å². The average Bonchev–Trinajstić information content (AvgIpc) is 2.24. The Morgan fingerprint density at radius 2 is 2.07 bits per heavy atom. The summed E-state index contributed by atoms with van der Waals surface area (Å²) in [4.78, 5) is 2.41. The fourth-order valence-electron chi connectivity index (χ4n) is 1.70. The minimum absolute atomic E-state index is 0.305. The van der Waals surface area contributed by atoms with Crippen LogP contribution in [0.2, 0.25) is 0 Å². The standard InChI is InChI=1S/C12H28N2O/c1-4-7-13-10-12(3)11-14(5-2)8-6-9-15/h12-13,15H,4-11H2,1-3H3. The second-order valence-electron chi connectivity index (χ2n) is 4.28. The number of aliphatic hydroxyl groups is 1. The third kappa shape index (κ3) is 8.85. The first-order valence-electron chi connectivity index (χ1n) is 6.28. The largest absolute Gasteiger partial charge is 0.396 e. The second kappa shape index (κ2) is 10.4. The van der Waals surface area contributed by atoms with E-state index in [0.29, 0.717) is 12.5 Å². The Morgan fingerprint density at radius 3 is 2.60 bits per heavy atom. The number of aliphatic hydroxyl groups excluding tert-OH is 1. The molecule has 2 N–H and O–H groups in total. The van der Waals surface area contributed by atoms with E-state index in [1.54, 1.807) is 0 Å². The van der Waals surface area contributed by atoms with Crippen molar-refractivity contribution in [3.63, 3.8) is 0 Å². The molecule has 0 amide bonds. The van der Waals surface area contributed by atoms with Gasteiger partial charge < -0.3 is 15.3 Å². The molecule has 0 fully saturated rings. The first kappa shape index (κ1) is 14.9. The van der Waals surface area contributed by atoms with E-state index in [4.69, 9.17) is 5.11 Å². The Kier molecular flexibility index (Phi) is 10.3. The van der Waals surface area contributed by atoms with Gasteiger partial charge in [-0.15, -0.1) is 0 Å². The van der Waals surface area contributed by atoms with Crippen LogP contribution >= 0.6 is 0 Å². The van der Waals surface area contributed by atoms with Crippen molar-refractivity contribution in [2.24, 2.45) is 5.92 Å². The van der Waals surface area contributed by atoms with Gasteiger partial charge in [-0.3, -0.25) is 0 Å². The first-order valence-corrected chi connectivity index (χ1v) is 6.28. The van der Waals surface area contributed by atoms with Gasteiger partial charge in [0, 0.05) is 19.7 Å². The van der Waals surface area contributed by atoms with Gasteiger partial charge in [-0.05, 0) is 38.4 Å². The normalized spacial score (nSPS) is 13.4. The molecule has 0 aromatic rings. The van der Waals surface area contributed by atoms with E-state index in [2.05, 4.69) is 31.0 Å². The van der Waals surface area contributed by atoms with Crippen molar-refractivity contribution >= 4 is 0 Å². The lowest BCUT2D eigenvalue weighted by molar-refractivity contribution is 0.210. The topological polar surface area (TPSA) is 35.5 Å². The maximum Gasteiger partial charge on any atom is 0.0443 e. The average molecular weight is 216 g/mol. The fraction of sp³-hybridized carbons (Fsp3) is 1.00. The molecule has 0 spiro atoms. The summed E-state index contributed by atoms with van der Waals surface area (Å²) in [5, 5.41) is 12.2. The second-order valence-corrected chi connectivity index (χ2v) is 4.28. The van der Waals surface area contributed by atoms with Crippen molar-refractivity contribution in [1.82, 2.24) is 10.2 Å². The van der Waals surface area contributed by atoms with Crippen LogP contribution in [0.5, 0.6) is 0 Å². The Bertz CT molecular complexity index is 131. The van der Waals surface area contributed by atoms with Crippen LogP contribution in [0.3, 0.4) is 0 Å². The van der Waals surface area contributed by atoms with Gasteiger partial charge >= 0.3 is 0 Å². The molecule has 3 nitrogen and oxygen atoms in total. The van der Waals surface area contributed by atoms with Crippen LogP contribution in [-0.2, 0) is 0 Å². The first-order chi connectivity index (χ1) is 7.24. The number of hydrogen-bond acceptors (Lipinski definition) is 3. The third-order valence-corrected chi connectivity index (χ3v) is 2.57. The predicted molar refractivity (Wildman–Crippen MR) is 66.1 cm³/mol. The summed E-state index contributed by atoms with van der Waals surface area (Å²) in [7, 11) is 0. The SMILES string of the molecule is CCCNCC(C)CN(CC)CCCO. The molecule has 0 aliphatic rings. The van der Waals surface area contributed by atoms with E-state index in [9.17, 15) is 0 Å². The van der Waals surface area contributed by atoms with E-state index >= 15 is 0 Å². The van der Waals surface area contributed by atoms with Gasteiger partial charge in [0.05, 0.1) is 0 Å². The highest BCUT2D eigenvalue weighted by atomic mass is 16.3. The molecule has 1 unspecified atom stereocenters. The number of hydrogen-bond donors (Lipinski definition) is 2. The molecule has 3 heteroatoms. The zero-order valence-corrected chi connectivity index (χ0v) is 10.6. The van der Waals surface area contributed by atoms with Crippen molar-refractivity contribution < 1.29 is 5.11 Å². The van der Waals surface area contributed by atoms with Gasteiger partial charge in [0.15, 0.2) is 0 Å². The van der Waals surface area contributed by atoms with Gasteiger partial charge in [0.2, 0.25) is 0 Å². The molecule has 0 radical (unpaired) electrons. The summed E-state index contributed by atoms with van der Waals surface area (Å²) in [6.45, 7) is 12.4. The molecule has 0 bridgehead atoms. The van der Waals surface area contributed by atoms with Crippen molar-refractivity contribution in [3.05, 3.63) is 0 Å². The molecular formula is C12H28N2O. The van der Waals surface area contributed by atoms with Gasteiger partial charge in [-0.1, -0.05) is 20.8 Å². The number of rotatable bonds is 10. The minimum Gasteiger partial charge on any atom is -0.396 e. The highest BCUT2D eigenvalue weighted by Gasteiger charge is 2.07. The van der Waals surface area contributed by atoms with Crippen LogP contribution in [0, 0.1) is 5.92 Å². The van der Waals surface area contributed by atoms with Crippen LogP contribution in [0.1, 0.15) is 33.6 Å². The predicted octanol–water partition coefficient (Wildman–Crippen LogP) is 1.33. The quantitative estimate of drug-likeness (QED) is 0.541. The Balaban J connectivity index is 3.55.